The Hall–Kier alpha value is -0.0800. The monoisotopic (exact) mass is 214 g/mol. The fourth-order valence-electron chi connectivity index (χ4n) is 2.57. The van der Waals surface area contributed by atoms with E-state index in [-0.39, 0.29) is 11.0 Å². The summed E-state index contributed by atoms with van der Waals surface area (Å²) in [5.74, 6) is 0. The summed E-state index contributed by atoms with van der Waals surface area (Å²) in [5, 5.41) is 10.6. The van der Waals surface area contributed by atoms with Gasteiger partial charge in [0.2, 0.25) is 0 Å². The minimum atomic E-state index is -0.510. The van der Waals surface area contributed by atoms with Crippen molar-refractivity contribution in [2.24, 2.45) is 5.41 Å². The molecule has 0 aromatic heterocycles. The Morgan fingerprint density at radius 2 is 1.60 bits per heavy atom. The van der Waals surface area contributed by atoms with Crippen molar-refractivity contribution in [3.8, 4) is 0 Å². The molecular weight excluding hydrogens is 188 g/mol. The maximum Gasteiger partial charge on any atom is 0.0697 e. The second-order valence-electron chi connectivity index (χ2n) is 6.02. The summed E-state index contributed by atoms with van der Waals surface area (Å²) in [4.78, 5) is 0. The van der Waals surface area contributed by atoms with E-state index in [4.69, 9.17) is 4.74 Å². The average Bonchev–Trinajstić information content (AvgIpc) is 2.18. The molecule has 90 valence electrons. The molecule has 1 saturated carbocycles. The van der Waals surface area contributed by atoms with Crippen molar-refractivity contribution in [3.05, 3.63) is 0 Å². The number of ether oxygens (including phenoxy) is 1. The van der Waals surface area contributed by atoms with Crippen LogP contribution in [0, 0.1) is 5.41 Å². The van der Waals surface area contributed by atoms with Gasteiger partial charge in [0, 0.05) is 7.11 Å². The van der Waals surface area contributed by atoms with Crippen molar-refractivity contribution in [2.75, 3.05) is 7.11 Å². The number of hydrogen-bond donors (Lipinski definition) is 1. The van der Waals surface area contributed by atoms with Gasteiger partial charge in [0.1, 0.15) is 0 Å². The minimum absolute atomic E-state index is 0.0253. The average molecular weight is 214 g/mol. The number of rotatable bonds is 2. The largest absolute Gasteiger partial charge is 0.389 e. The highest BCUT2D eigenvalue weighted by molar-refractivity contribution is 4.99. The predicted octanol–water partition coefficient (Wildman–Crippen LogP) is 3.13. The first kappa shape index (κ1) is 13.0. The van der Waals surface area contributed by atoms with Gasteiger partial charge in [-0.15, -0.1) is 0 Å². The van der Waals surface area contributed by atoms with Gasteiger partial charge in [0.05, 0.1) is 11.2 Å². The van der Waals surface area contributed by atoms with E-state index in [1.165, 1.54) is 0 Å². The molecule has 1 aliphatic carbocycles. The number of hydrogen-bond acceptors (Lipinski definition) is 2. The lowest BCUT2D eigenvalue weighted by atomic mass is 9.64. The molecule has 0 spiro atoms. The Balaban J connectivity index is 2.70. The molecule has 0 heterocycles. The van der Waals surface area contributed by atoms with E-state index in [0.29, 0.717) is 0 Å². The Labute approximate surface area is 94.0 Å². The summed E-state index contributed by atoms with van der Waals surface area (Å²) in [5.41, 5.74) is -0.512. The molecule has 0 atom stereocenters. The van der Waals surface area contributed by atoms with Crippen LogP contribution in [0.3, 0.4) is 0 Å². The zero-order valence-corrected chi connectivity index (χ0v) is 10.9. The Morgan fingerprint density at radius 1 is 1.13 bits per heavy atom. The van der Waals surface area contributed by atoms with Crippen LogP contribution in [0.4, 0.5) is 0 Å². The summed E-state index contributed by atoms with van der Waals surface area (Å²) >= 11 is 0. The van der Waals surface area contributed by atoms with Crippen molar-refractivity contribution in [1.29, 1.82) is 0 Å². The van der Waals surface area contributed by atoms with Crippen LogP contribution in [0.5, 0.6) is 0 Å². The quantitative estimate of drug-likeness (QED) is 0.765. The van der Waals surface area contributed by atoms with Crippen LogP contribution in [0.15, 0.2) is 0 Å². The molecule has 1 rings (SSSR count). The van der Waals surface area contributed by atoms with Gasteiger partial charge in [-0.25, -0.2) is 0 Å². The first-order chi connectivity index (χ1) is 6.79. The van der Waals surface area contributed by atoms with Gasteiger partial charge < -0.3 is 9.84 Å². The molecule has 0 aliphatic heterocycles. The molecule has 0 aromatic carbocycles. The van der Waals surface area contributed by atoms with E-state index in [1.54, 1.807) is 7.11 Å². The zero-order chi connectivity index (χ0) is 11.7. The van der Waals surface area contributed by atoms with Gasteiger partial charge >= 0.3 is 0 Å². The summed E-state index contributed by atoms with van der Waals surface area (Å²) in [7, 11) is 1.80. The van der Waals surface area contributed by atoms with Crippen LogP contribution in [0.1, 0.15) is 59.8 Å². The van der Waals surface area contributed by atoms with E-state index in [1.807, 2.05) is 0 Å². The van der Waals surface area contributed by atoms with Gasteiger partial charge in [-0.05, 0) is 37.5 Å². The highest BCUT2D eigenvalue weighted by Crippen LogP contribution is 2.46. The second-order valence-corrected chi connectivity index (χ2v) is 6.02. The summed E-state index contributed by atoms with van der Waals surface area (Å²) < 4.78 is 5.62. The predicted molar refractivity (Wildman–Crippen MR) is 62.9 cm³/mol. The van der Waals surface area contributed by atoms with Crippen molar-refractivity contribution >= 4 is 0 Å². The van der Waals surface area contributed by atoms with E-state index < -0.39 is 5.60 Å². The van der Waals surface area contributed by atoms with Gasteiger partial charge in [0.25, 0.3) is 0 Å². The maximum absolute atomic E-state index is 10.6. The third-order valence-electron chi connectivity index (χ3n) is 4.46. The molecule has 1 N–H and O–H groups in total. The van der Waals surface area contributed by atoms with Crippen LogP contribution in [-0.2, 0) is 4.74 Å². The summed E-state index contributed by atoms with van der Waals surface area (Å²) in [6.45, 7) is 8.54. The highest BCUT2D eigenvalue weighted by Gasteiger charge is 2.46. The summed E-state index contributed by atoms with van der Waals surface area (Å²) in [6, 6.07) is 0. The molecule has 0 bridgehead atoms. The van der Waals surface area contributed by atoms with Crippen molar-refractivity contribution in [2.45, 2.75) is 71.0 Å². The van der Waals surface area contributed by atoms with Gasteiger partial charge in [-0.3, -0.25) is 0 Å². The smallest absolute Gasteiger partial charge is 0.0697 e. The SMILES string of the molecule is CCC1(OC)CCC(O)(C(C)(C)C)CC1. The fourth-order valence-corrected chi connectivity index (χ4v) is 2.57. The Kier molecular flexibility index (Phi) is 3.52. The van der Waals surface area contributed by atoms with E-state index in [0.717, 1.165) is 32.1 Å². The van der Waals surface area contributed by atoms with Crippen LogP contribution in [0.2, 0.25) is 0 Å². The number of methoxy groups -OCH3 is 1. The Morgan fingerprint density at radius 3 is 1.87 bits per heavy atom. The fraction of sp³-hybridized carbons (Fsp3) is 1.00. The number of aliphatic hydroxyl groups is 1. The van der Waals surface area contributed by atoms with Crippen LogP contribution in [-0.4, -0.2) is 23.4 Å². The third-order valence-corrected chi connectivity index (χ3v) is 4.46. The van der Waals surface area contributed by atoms with Gasteiger partial charge in [-0.2, -0.15) is 0 Å². The second kappa shape index (κ2) is 4.06. The molecule has 0 aromatic rings. The van der Waals surface area contributed by atoms with Gasteiger partial charge in [0.15, 0.2) is 0 Å². The van der Waals surface area contributed by atoms with Crippen molar-refractivity contribution in [3.63, 3.8) is 0 Å². The topological polar surface area (TPSA) is 29.5 Å². The molecule has 0 amide bonds. The standard InChI is InChI=1S/C13H26O2/c1-6-12(15-5)7-9-13(14,10-8-12)11(2,3)4/h14H,6-10H2,1-5H3. The molecule has 2 heteroatoms. The molecule has 0 saturated heterocycles. The van der Waals surface area contributed by atoms with Crippen LogP contribution in [0.25, 0.3) is 0 Å². The molecule has 0 unspecified atom stereocenters. The van der Waals surface area contributed by atoms with E-state index in [2.05, 4.69) is 27.7 Å². The van der Waals surface area contributed by atoms with Crippen molar-refractivity contribution < 1.29 is 9.84 Å². The lowest BCUT2D eigenvalue weighted by Crippen LogP contribution is -2.50. The molecule has 2 nitrogen and oxygen atoms in total. The zero-order valence-electron chi connectivity index (χ0n) is 10.9. The normalized spacial score (nSPS) is 38.0. The first-order valence-corrected chi connectivity index (χ1v) is 6.06. The van der Waals surface area contributed by atoms with Crippen molar-refractivity contribution in [1.82, 2.24) is 0 Å². The maximum atomic E-state index is 10.6. The molecule has 0 radical (unpaired) electrons. The molecule has 15 heavy (non-hydrogen) atoms. The molecule has 1 aliphatic rings. The Bertz CT molecular complexity index is 201. The molecule has 1 fully saturated rings. The van der Waals surface area contributed by atoms with E-state index >= 15 is 0 Å². The van der Waals surface area contributed by atoms with E-state index in [9.17, 15) is 5.11 Å². The van der Waals surface area contributed by atoms with Gasteiger partial charge in [-0.1, -0.05) is 27.7 Å². The third kappa shape index (κ3) is 2.36. The lowest BCUT2D eigenvalue weighted by Gasteiger charge is -2.49. The minimum Gasteiger partial charge on any atom is -0.389 e. The lowest BCUT2D eigenvalue weighted by molar-refractivity contribution is -0.142. The van der Waals surface area contributed by atoms with Crippen LogP contribution >= 0.6 is 0 Å². The summed E-state index contributed by atoms with van der Waals surface area (Å²) in [6.07, 6.45) is 4.72. The first-order valence-electron chi connectivity index (χ1n) is 6.06. The molecular formula is C13H26O2. The van der Waals surface area contributed by atoms with Crippen LogP contribution < -0.4 is 0 Å². The highest BCUT2D eigenvalue weighted by atomic mass is 16.5.